The van der Waals surface area contributed by atoms with Crippen molar-refractivity contribution in [2.45, 2.75) is 6.42 Å². The number of anilines is 1. The summed E-state index contributed by atoms with van der Waals surface area (Å²) in [6, 6.07) is 6.71. The van der Waals surface area contributed by atoms with Crippen molar-refractivity contribution in [1.82, 2.24) is 15.3 Å². The maximum atomic E-state index is 10.9. The highest BCUT2D eigenvalue weighted by molar-refractivity contribution is 7.14. The quantitative estimate of drug-likeness (QED) is 0.637. The van der Waals surface area contributed by atoms with Crippen LogP contribution in [0.5, 0.6) is 0 Å². The van der Waals surface area contributed by atoms with E-state index in [2.05, 4.69) is 25.6 Å². The van der Waals surface area contributed by atoms with Crippen molar-refractivity contribution in [3.8, 4) is 22.0 Å². The predicted molar refractivity (Wildman–Crippen MR) is 104 cm³/mol. The van der Waals surface area contributed by atoms with Crippen LogP contribution >= 0.6 is 22.7 Å². The van der Waals surface area contributed by atoms with Crippen molar-refractivity contribution < 1.29 is 9.90 Å². The number of hydrogen-bond donors (Lipinski definition) is 3. The number of aliphatic imine (C=N–C) groups is 1. The third-order valence-corrected chi connectivity index (χ3v) is 5.42. The van der Waals surface area contributed by atoms with Gasteiger partial charge in [0.25, 0.3) is 0 Å². The summed E-state index contributed by atoms with van der Waals surface area (Å²) < 4.78 is 0. The van der Waals surface area contributed by atoms with Crippen molar-refractivity contribution in [2.24, 2.45) is 4.99 Å². The first-order valence-corrected chi connectivity index (χ1v) is 9.75. The van der Waals surface area contributed by atoms with E-state index in [4.69, 9.17) is 5.11 Å². The van der Waals surface area contributed by atoms with Crippen molar-refractivity contribution in [3.05, 3.63) is 40.6 Å². The molecule has 26 heavy (non-hydrogen) atoms. The van der Waals surface area contributed by atoms with Gasteiger partial charge in [-0.2, -0.15) is 0 Å². The standard InChI is InChI=1S/C17H15N5O2S2/c23-15(24)11-4-2-10(3-5-11)14-20-12(8-25-14)13-9-26-17(21-13)22-16-18-6-1-7-19-16/h2-5,8-9H,1,6-7H2,(H,23,24)(H2,18,19,21,22). The summed E-state index contributed by atoms with van der Waals surface area (Å²) >= 11 is 3.01. The lowest BCUT2D eigenvalue weighted by Gasteiger charge is -2.13. The van der Waals surface area contributed by atoms with E-state index >= 15 is 0 Å². The molecule has 1 aliphatic rings. The van der Waals surface area contributed by atoms with E-state index in [1.54, 1.807) is 24.3 Å². The van der Waals surface area contributed by atoms with E-state index in [9.17, 15) is 4.79 Å². The third-order valence-electron chi connectivity index (χ3n) is 3.77. The maximum absolute atomic E-state index is 10.9. The molecule has 0 aliphatic carbocycles. The number of carboxylic acids is 1. The Morgan fingerprint density at radius 2 is 1.88 bits per heavy atom. The molecule has 3 N–H and O–H groups in total. The molecular weight excluding hydrogens is 370 g/mol. The molecule has 0 saturated heterocycles. The van der Waals surface area contributed by atoms with Crippen LogP contribution in [-0.4, -0.2) is 40.1 Å². The number of thiazole rings is 2. The van der Waals surface area contributed by atoms with Gasteiger partial charge >= 0.3 is 5.97 Å². The van der Waals surface area contributed by atoms with Gasteiger partial charge in [-0.1, -0.05) is 12.1 Å². The minimum atomic E-state index is -0.934. The zero-order valence-corrected chi connectivity index (χ0v) is 15.2. The average Bonchev–Trinajstić information content (AvgIpc) is 3.32. The van der Waals surface area contributed by atoms with Gasteiger partial charge in [0.15, 0.2) is 11.1 Å². The Balaban J connectivity index is 1.51. The van der Waals surface area contributed by atoms with Crippen LogP contribution in [0.1, 0.15) is 16.8 Å². The Kier molecular flexibility index (Phi) is 4.63. The molecule has 0 spiro atoms. The molecule has 2 aromatic heterocycles. The number of hydrogen-bond acceptors (Lipinski definition) is 8. The first kappa shape index (κ1) is 16.7. The van der Waals surface area contributed by atoms with Crippen molar-refractivity contribution in [2.75, 3.05) is 18.4 Å². The lowest BCUT2D eigenvalue weighted by molar-refractivity contribution is 0.0697. The van der Waals surface area contributed by atoms with Crippen LogP contribution in [0.25, 0.3) is 22.0 Å². The van der Waals surface area contributed by atoms with E-state index < -0.39 is 5.97 Å². The van der Waals surface area contributed by atoms with Gasteiger partial charge in [-0.05, 0) is 18.6 Å². The number of nitrogens with one attached hydrogen (secondary N) is 2. The lowest BCUT2D eigenvalue weighted by Crippen LogP contribution is -2.35. The highest BCUT2D eigenvalue weighted by Gasteiger charge is 2.12. The highest BCUT2D eigenvalue weighted by atomic mass is 32.1. The normalized spacial score (nSPS) is 13.8. The van der Waals surface area contributed by atoms with E-state index in [0.717, 1.165) is 52.6 Å². The summed E-state index contributed by atoms with van der Waals surface area (Å²) in [5.74, 6) is -0.175. The zero-order chi connectivity index (χ0) is 17.9. The first-order chi connectivity index (χ1) is 12.7. The van der Waals surface area contributed by atoms with E-state index in [1.807, 2.05) is 10.8 Å². The van der Waals surface area contributed by atoms with Crippen LogP contribution in [0.2, 0.25) is 0 Å². The molecule has 0 atom stereocenters. The number of guanidine groups is 1. The summed E-state index contributed by atoms with van der Waals surface area (Å²) in [6.07, 6.45) is 1.04. The van der Waals surface area contributed by atoms with Gasteiger partial charge in [-0.25, -0.2) is 14.8 Å². The molecule has 132 valence electrons. The molecule has 9 heteroatoms. The smallest absolute Gasteiger partial charge is 0.335 e. The second-order valence-corrected chi connectivity index (χ2v) is 7.31. The molecule has 0 saturated carbocycles. The molecule has 0 unspecified atom stereocenters. The monoisotopic (exact) mass is 385 g/mol. The summed E-state index contributed by atoms with van der Waals surface area (Å²) in [4.78, 5) is 24.5. The van der Waals surface area contributed by atoms with Crippen LogP contribution in [0.3, 0.4) is 0 Å². The van der Waals surface area contributed by atoms with Gasteiger partial charge in [-0.3, -0.25) is 4.99 Å². The topological polar surface area (TPSA) is 99.5 Å². The second kappa shape index (κ2) is 7.22. The molecule has 0 fully saturated rings. The minimum absolute atomic E-state index is 0.264. The van der Waals surface area contributed by atoms with Crippen molar-refractivity contribution in [3.63, 3.8) is 0 Å². The van der Waals surface area contributed by atoms with E-state index in [-0.39, 0.29) is 5.56 Å². The van der Waals surface area contributed by atoms with Gasteiger partial charge in [0.2, 0.25) is 0 Å². The molecule has 3 heterocycles. The fourth-order valence-corrected chi connectivity index (χ4v) is 3.97. The van der Waals surface area contributed by atoms with Crippen LogP contribution in [0.15, 0.2) is 40.0 Å². The molecule has 1 aliphatic heterocycles. The first-order valence-electron chi connectivity index (χ1n) is 7.99. The molecular formula is C17H15N5O2S2. The number of rotatable bonds is 4. The van der Waals surface area contributed by atoms with Gasteiger partial charge in [0, 0.05) is 29.4 Å². The Hall–Kier alpha value is -2.78. The fraction of sp³-hybridized carbons (Fsp3) is 0.176. The van der Waals surface area contributed by atoms with Crippen molar-refractivity contribution >= 4 is 39.7 Å². The van der Waals surface area contributed by atoms with Gasteiger partial charge in [-0.15, -0.1) is 22.7 Å². The lowest BCUT2D eigenvalue weighted by atomic mass is 10.1. The van der Waals surface area contributed by atoms with Crippen LogP contribution in [0, 0.1) is 0 Å². The summed E-state index contributed by atoms with van der Waals surface area (Å²) in [5, 5.41) is 20.9. The van der Waals surface area contributed by atoms with Gasteiger partial charge < -0.3 is 15.7 Å². The SMILES string of the molecule is O=C(O)c1ccc(-c2nc(-c3csc(NC4=NCCCN4)n3)cs2)cc1. The number of carbonyl (C=O) groups is 1. The van der Waals surface area contributed by atoms with E-state index in [0.29, 0.717) is 0 Å². The number of aromatic nitrogens is 2. The van der Waals surface area contributed by atoms with Crippen LogP contribution in [0.4, 0.5) is 5.13 Å². The highest BCUT2D eigenvalue weighted by Crippen LogP contribution is 2.30. The number of carboxylic acid groups (broad SMARTS) is 1. The molecule has 0 amide bonds. The zero-order valence-electron chi connectivity index (χ0n) is 13.6. The molecule has 4 rings (SSSR count). The van der Waals surface area contributed by atoms with Crippen LogP contribution in [-0.2, 0) is 0 Å². The molecule has 0 bridgehead atoms. The molecule has 3 aromatic rings. The summed E-state index contributed by atoms with van der Waals surface area (Å²) in [5.41, 5.74) is 2.76. The Morgan fingerprint density at radius 3 is 2.62 bits per heavy atom. The largest absolute Gasteiger partial charge is 0.478 e. The Labute approximate surface area is 157 Å². The third kappa shape index (κ3) is 3.58. The maximum Gasteiger partial charge on any atom is 0.335 e. The number of benzene rings is 1. The average molecular weight is 385 g/mol. The van der Waals surface area contributed by atoms with E-state index in [1.165, 1.54) is 22.7 Å². The second-order valence-electron chi connectivity index (χ2n) is 5.59. The predicted octanol–water partition coefficient (Wildman–Crippen LogP) is 3.39. The molecule has 1 aromatic carbocycles. The minimum Gasteiger partial charge on any atom is -0.478 e. The summed E-state index contributed by atoms with van der Waals surface area (Å²) in [7, 11) is 0. The molecule has 7 nitrogen and oxygen atoms in total. The van der Waals surface area contributed by atoms with Gasteiger partial charge in [0.05, 0.1) is 5.56 Å². The Morgan fingerprint density at radius 1 is 1.12 bits per heavy atom. The van der Waals surface area contributed by atoms with Crippen molar-refractivity contribution in [1.29, 1.82) is 0 Å². The molecule has 0 radical (unpaired) electrons. The fourth-order valence-electron chi connectivity index (χ4n) is 2.45. The number of aromatic carboxylic acids is 1. The summed E-state index contributed by atoms with van der Waals surface area (Å²) in [6.45, 7) is 1.74. The van der Waals surface area contributed by atoms with Gasteiger partial charge in [0.1, 0.15) is 16.4 Å². The van der Waals surface area contributed by atoms with Crippen LogP contribution < -0.4 is 10.6 Å². The number of nitrogens with zero attached hydrogens (tertiary/aromatic N) is 3. The Bertz CT molecular complexity index is 962.